The van der Waals surface area contributed by atoms with Gasteiger partial charge in [0.1, 0.15) is 0 Å². The Kier molecular flexibility index (Phi) is 4.22. The predicted molar refractivity (Wildman–Crippen MR) is 79.2 cm³/mol. The molecule has 0 heterocycles. The number of rotatable bonds is 2. The molecule has 2 aliphatic rings. The van der Waals surface area contributed by atoms with Crippen LogP contribution in [0.3, 0.4) is 0 Å². The Labute approximate surface area is 117 Å². The molecule has 1 aromatic rings. The van der Waals surface area contributed by atoms with Crippen LogP contribution in [0.5, 0.6) is 0 Å². The van der Waals surface area contributed by atoms with Crippen LogP contribution in [0.25, 0.3) is 0 Å². The van der Waals surface area contributed by atoms with Crippen LogP contribution in [0.15, 0.2) is 24.3 Å². The van der Waals surface area contributed by atoms with Gasteiger partial charge in [0.15, 0.2) is 0 Å². The third-order valence-electron chi connectivity index (χ3n) is 5.25. The van der Waals surface area contributed by atoms with Crippen molar-refractivity contribution in [1.29, 1.82) is 0 Å². The van der Waals surface area contributed by atoms with Crippen LogP contribution in [0.4, 0.5) is 0 Å². The monoisotopic (exact) mass is 258 g/mol. The van der Waals surface area contributed by atoms with Gasteiger partial charge in [0.05, 0.1) is 6.10 Å². The van der Waals surface area contributed by atoms with E-state index in [1.807, 2.05) is 0 Å². The number of aliphatic hydroxyl groups is 1. The lowest BCUT2D eigenvalue weighted by atomic mass is 9.76. The summed E-state index contributed by atoms with van der Waals surface area (Å²) in [6.45, 7) is 0. The van der Waals surface area contributed by atoms with Crippen LogP contribution < -0.4 is 0 Å². The molecule has 19 heavy (non-hydrogen) atoms. The molecule has 0 aromatic heterocycles. The number of hydrogen-bond acceptors (Lipinski definition) is 1. The van der Waals surface area contributed by atoms with E-state index in [4.69, 9.17) is 0 Å². The van der Waals surface area contributed by atoms with Crippen LogP contribution >= 0.6 is 0 Å². The molecule has 1 heteroatoms. The van der Waals surface area contributed by atoms with Crippen LogP contribution in [0.1, 0.15) is 56.1 Å². The first-order valence-corrected chi connectivity index (χ1v) is 8.09. The molecular weight excluding hydrogens is 232 g/mol. The molecule has 2 unspecified atom stereocenters. The number of fused-ring (bicyclic) bond motifs is 1. The van der Waals surface area contributed by atoms with E-state index in [0.717, 1.165) is 12.8 Å². The Morgan fingerprint density at radius 2 is 1.53 bits per heavy atom. The van der Waals surface area contributed by atoms with E-state index in [1.54, 1.807) is 0 Å². The molecule has 0 aliphatic heterocycles. The molecule has 3 rings (SSSR count). The van der Waals surface area contributed by atoms with E-state index in [0.29, 0.717) is 11.8 Å². The molecule has 1 fully saturated rings. The third kappa shape index (κ3) is 3.02. The van der Waals surface area contributed by atoms with Crippen molar-refractivity contribution in [2.45, 2.75) is 63.9 Å². The summed E-state index contributed by atoms with van der Waals surface area (Å²) in [5.74, 6) is 1.07. The van der Waals surface area contributed by atoms with Gasteiger partial charge in [-0.1, -0.05) is 49.9 Å². The second kappa shape index (κ2) is 6.09. The molecule has 1 nitrogen and oxygen atoms in total. The van der Waals surface area contributed by atoms with Crippen molar-refractivity contribution in [3.63, 3.8) is 0 Å². The molecule has 1 aromatic carbocycles. The van der Waals surface area contributed by atoms with Crippen molar-refractivity contribution in [1.82, 2.24) is 0 Å². The van der Waals surface area contributed by atoms with Gasteiger partial charge in [-0.3, -0.25) is 0 Å². The third-order valence-corrected chi connectivity index (χ3v) is 5.25. The molecular formula is C18H26O. The standard InChI is InChI=1S/C18H26O/c19-18(15-8-3-1-2-4-9-15)17-12-11-14-7-5-6-10-16(14)13-17/h5-7,10,15,17-19H,1-4,8-9,11-13H2. The number of aliphatic hydroxyl groups excluding tert-OH is 1. The van der Waals surface area contributed by atoms with Crippen molar-refractivity contribution in [3.05, 3.63) is 35.4 Å². The van der Waals surface area contributed by atoms with Crippen molar-refractivity contribution >= 4 is 0 Å². The highest BCUT2D eigenvalue weighted by Gasteiger charge is 2.30. The first kappa shape index (κ1) is 13.2. The number of benzene rings is 1. The number of aryl methyl sites for hydroxylation is 1. The molecule has 1 saturated carbocycles. The van der Waals surface area contributed by atoms with Gasteiger partial charge in [-0.05, 0) is 55.1 Å². The minimum absolute atomic E-state index is 0.0635. The van der Waals surface area contributed by atoms with Gasteiger partial charge >= 0.3 is 0 Å². The molecule has 0 spiro atoms. The molecule has 2 aliphatic carbocycles. The molecule has 0 radical (unpaired) electrons. The van der Waals surface area contributed by atoms with E-state index >= 15 is 0 Å². The minimum atomic E-state index is -0.0635. The minimum Gasteiger partial charge on any atom is -0.393 e. The van der Waals surface area contributed by atoms with Crippen molar-refractivity contribution in [2.24, 2.45) is 11.8 Å². The van der Waals surface area contributed by atoms with Gasteiger partial charge in [-0.25, -0.2) is 0 Å². The summed E-state index contributed by atoms with van der Waals surface area (Å²) in [5, 5.41) is 10.7. The lowest BCUT2D eigenvalue weighted by Gasteiger charge is -2.33. The molecule has 0 bridgehead atoms. The molecule has 104 valence electrons. The second-order valence-corrected chi connectivity index (χ2v) is 6.51. The fraction of sp³-hybridized carbons (Fsp3) is 0.667. The van der Waals surface area contributed by atoms with Gasteiger partial charge in [0.2, 0.25) is 0 Å². The van der Waals surface area contributed by atoms with E-state index in [1.165, 1.54) is 56.1 Å². The SMILES string of the molecule is OC(C1CCCCCC1)C1CCc2ccccc2C1. The maximum absolute atomic E-state index is 10.7. The fourth-order valence-corrected chi connectivity index (χ4v) is 4.05. The van der Waals surface area contributed by atoms with E-state index in [9.17, 15) is 5.11 Å². The maximum Gasteiger partial charge on any atom is 0.0599 e. The summed E-state index contributed by atoms with van der Waals surface area (Å²) in [7, 11) is 0. The van der Waals surface area contributed by atoms with Gasteiger partial charge in [-0.15, -0.1) is 0 Å². The summed E-state index contributed by atoms with van der Waals surface area (Å²) < 4.78 is 0. The van der Waals surface area contributed by atoms with Crippen molar-refractivity contribution in [2.75, 3.05) is 0 Å². The average molecular weight is 258 g/mol. The lowest BCUT2D eigenvalue weighted by Crippen LogP contribution is -2.33. The molecule has 2 atom stereocenters. The van der Waals surface area contributed by atoms with E-state index in [-0.39, 0.29) is 6.10 Å². The van der Waals surface area contributed by atoms with Gasteiger partial charge < -0.3 is 5.11 Å². The largest absolute Gasteiger partial charge is 0.393 e. The second-order valence-electron chi connectivity index (χ2n) is 6.51. The zero-order valence-corrected chi connectivity index (χ0v) is 11.9. The summed E-state index contributed by atoms with van der Waals surface area (Å²) in [4.78, 5) is 0. The van der Waals surface area contributed by atoms with Crippen LogP contribution in [-0.2, 0) is 12.8 Å². The van der Waals surface area contributed by atoms with Crippen molar-refractivity contribution in [3.8, 4) is 0 Å². The van der Waals surface area contributed by atoms with Gasteiger partial charge in [-0.2, -0.15) is 0 Å². The average Bonchev–Trinajstić information content (AvgIpc) is 2.75. The highest BCUT2D eigenvalue weighted by molar-refractivity contribution is 5.29. The van der Waals surface area contributed by atoms with E-state index < -0.39 is 0 Å². The summed E-state index contributed by atoms with van der Waals surface area (Å²) in [5.41, 5.74) is 2.98. The molecule has 0 amide bonds. The molecule has 0 saturated heterocycles. The Morgan fingerprint density at radius 1 is 0.842 bits per heavy atom. The highest BCUT2D eigenvalue weighted by atomic mass is 16.3. The molecule has 1 N–H and O–H groups in total. The van der Waals surface area contributed by atoms with Gasteiger partial charge in [0.25, 0.3) is 0 Å². The smallest absolute Gasteiger partial charge is 0.0599 e. The van der Waals surface area contributed by atoms with Crippen LogP contribution in [-0.4, -0.2) is 11.2 Å². The fourth-order valence-electron chi connectivity index (χ4n) is 4.05. The first-order chi connectivity index (χ1) is 9.34. The highest BCUT2D eigenvalue weighted by Crippen LogP contribution is 2.34. The van der Waals surface area contributed by atoms with E-state index in [2.05, 4.69) is 24.3 Å². The zero-order chi connectivity index (χ0) is 13.1. The lowest BCUT2D eigenvalue weighted by molar-refractivity contribution is 0.0371. The Balaban J connectivity index is 1.66. The summed E-state index contributed by atoms with van der Waals surface area (Å²) >= 11 is 0. The number of hydrogen-bond donors (Lipinski definition) is 1. The summed E-state index contributed by atoms with van der Waals surface area (Å²) in [6, 6.07) is 8.78. The van der Waals surface area contributed by atoms with Crippen LogP contribution in [0, 0.1) is 11.8 Å². The topological polar surface area (TPSA) is 20.2 Å². The normalized spacial score (nSPS) is 26.5. The zero-order valence-electron chi connectivity index (χ0n) is 11.9. The Bertz CT molecular complexity index is 404. The predicted octanol–water partition coefficient (Wildman–Crippen LogP) is 4.12. The van der Waals surface area contributed by atoms with Crippen molar-refractivity contribution < 1.29 is 5.11 Å². The Morgan fingerprint density at radius 3 is 2.26 bits per heavy atom. The summed E-state index contributed by atoms with van der Waals surface area (Å²) in [6.07, 6.45) is 11.3. The van der Waals surface area contributed by atoms with Crippen LogP contribution in [0.2, 0.25) is 0 Å². The first-order valence-electron chi connectivity index (χ1n) is 8.09. The van der Waals surface area contributed by atoms with Gasteiger partial charge in [0, 0.05) is 0 Å². The quantitative estimate of drug-likeness (QED) is 0.791. The maximum atomic E-state index is 10.7. The Hall–Kier alpha value is -0.820.